The maximum absolute atomic E-state index is 12.7. The summed E-state index contributed by atoms with van der Waals surface area (Å²) in [6.07, 6.45) is 1.87. The van der Waals surface area contributed by atoms with Gasteiger partial charge in [-0.3, -0.25) is 4.79 Å². The monoisotopic (exact) mass is 321 g/mol. The summed E-state index contributed by atoms with van der Waals surface area (Å²) in [4.78, 5) is 12.7. The number of carbonyl (C=O) groups excluding carboxylic acids is 1. The van der Waals surface area contributed by atoms with E-state index >= 15 is 0 Å². The van der Waals surface area contributed by atoms with E-state index in [2.05, 4.69) is 5.32 Å². The van der Waals surface area contributed by atoms with E-state index in [9.17, 15) is 4.79 Å². The van der Waals surface area contributed by atoms with Gasteiger partial charge >= 0.3 is 0 Å². The highest BCUT2D eigenvalue weighted by Gasteiger charge is 2.37. The summed E-state index contributed by atoms with van der Waals surface area (Å²) in [5, 5.41) is 3.05. The standard InChI is InChI=1S/C18H27NO4/c1-18(2,14-8-10-23-11-9-14)17(20)19-12-13-6-5-7-15(21-3)16(13)22-4/h5-7,14H,8-12H2,1-4H3,(H,19,20). The third-order valence-electron chi connectivity index (χ3n) is 4.75. The Balaban J connectivity index is 2.04. The van der Waals surface area contributed by atoms with Gasteiger partial charge in [0.25, 0.3) is 0 Å². The molecule has 0 atom stereocenters. The molecule has 23 heavy (non-hydrogen) atoms. The first kappa shape index (κ1) is 17.6. The summed E-state index contributed by atoms with van der Waals surface area (Å²) < 4.78 is 16.1. The fourth-order valence-electron chi connectivity index (χ4n) is 3.10. The Labute approximate surface area is 138 Å². The molecule has 5 nitrogen and oxygen atoms in total. The van der Waals surface area contributed by atoms with Gasteiger partial charge in [-0.1, -0.05) is 26.0 Å². The lowest BCUT2D eigenvalue weighted by Crippen LogP contribution is -2.43. The van der Waals surface area contributed by atoms with Gasteiger partial charge < -0.3 is 19.5 Å². The minimum atomic E-state index is -0.407. The van der Waals surface area contributed by atoms with Gasteiger partial charge in [-0.25, -0.2) is 0 Å². The Kier molecular flexibility index (Phi) is 5.88. The third-order valence-corrected chi connectivity index (χ3v) is 4.75. The summed E-state index contributed by atoms with van der Waals surface area (Å²) in [6.45, 7) is 5.93. The summed E-state index contributed by atoms with van der Waals surface area (Å²) in [6, 6.07) is 5.67. The van der Waals surface area contributed by atoms with E-state index in [-0.39, 0.29) is 5.91 Å². The molecular formula is C18H27NO4. The van der Waals surface area contributed by atoms with Gasteiger partial charge in [-0.2, -0.15) is 0 Å². The van der Waals surface area contributed by atoms with Crippen LogP contribution in [0.3, 0.4) is 0 Å². The average Bonchev–Trinajstić information content (AvgIpc) is 2.59. The summed E-state index contributed by atoms with van der Waals surface area (Å²) in [5.41, 5.74) is 0.499. The molecule has 1 fully saturated rings. The third kappa shape index (κ3) is 3.96. The van der Waals surface area contributed by atoms with E-state index in [1.807, 2.05) is 32.0 Å². The first-order valence-corrected chi connectivity index (χ1v) is 8.06. The number of nitrogens with one attached hydrogen (secondary N) is 1. The van der Waals surface area contributed by atoms with Crippen LogP contribution in [-0.4, -0.2) is 33.3 Å². The van der Waals surface area contributed by atoms with Crippen LogP contribution in [0.1, 0.15) is 32.3 Å². The molecule has 0 radical (unpaired) electrons. The fraction of sp³-hybridized carbons (Fsp3) is 0.611. The smallest absolute Gasteiger partial charge is 0.226 e. The molecule has 1 aliphatic heterocycles. The zero-order chi connectivity index (χ0) is 16.9. The van der Waals surface area contributed by atoms with Crippen molar-refractivity contribution in [3.8, 4) is 11.5 Å². The van der Waals surface area contributed by atoms with E-state index in [4.69, 9.17) is 14.2 Å². The number of benzene rings is 1. The Morgan fingerprint density at radius 2 is 1.96 bits per heavy atom. The predicted octanol–water partition coefficient (Wildman–Crippen LogP) is 2.77. The first-order chi connectivity index (χ1) is 11.0. The molecule has 5 heteroatoms. The van der Waals surface area contributed by atoms with Crippen molar-refractivity contribution in [1.82, 2.24) is 5.32 Å². The number of ether oxygens (including phenoxy) is 3. The van der Waals surface area contributed by atoms with Gasteiger partial charge in [-0.15, -0.1) is 0 Å². The van der Waals surface area contributed by atoms with Crippen molar-refractivity contribution in [2.75, 3.05) is 27.4 Å². The SMILES string of the molecule is COc1cccc(CNC(=O)C(C)(C)C2CCOCC2)c1OC. The molecule has 1 aromatic rings. The highest BCUT2D eigenvalue weighted by atomic mass is 16.5. The Morgan fingerprint density at radius 1 is 1.26 bits per heavy atom. The molecule has 0 bridgehead atoms. The second-order valence-electron chi connectivity index (χ2n) is 6.44. The zero-order valence-corrected chi connectivity index (χ0v) is 14.5. The average molecular weight is 321 g/mol. The van der Waals surface area contributed by atoms with Crippen LogP contribution in [0.2, 0.25) is 0 Å². The largest absolute Gasteiger partial charge is 0.493 e. The highest BCUT2D eigenvalue weighted by molar-refractivity contribution is 5.82. The van der Waals surface area contributed by atoms with Gasteiger partial charge in [-0.05, 0) is 24.8 Å². The van der Waals surface area contributed by atoms with Gasteiger partial charge in [0.05, 0.1) is 14.2 Å². The van der Waals surface area contributed by atoms with Gasteiger partial charge in [0.2, 0.25) is 5.91 Å². The van der Waals surface area contributed by atoms with Gasteiger partial charge in [0.1, 0.15) is 0 Å². The van der Waals surface area contributed by atoms with Crippen molar-refractivity contribution in [2.45, 2.75) is 33.2 Å². The molecule has 0 spiro atoms. The van der Waals surface area contributed by atoms with Crippen LogP contribution in [0.5, 0.6) is 11.5 Å². The number of hydrogen-bond donors (Lipinski definition) is 1. The van der Waals surface area contributed by atoms with Crippen molar-refractivity contribution < 1.29 is 19.0 Å². The lowest BCUT2D eigenvalue weighted by atomic mass is 9.74. The van der Waals surface area contributed by atoms with Gasteiger partial charge in [0.15, 0.2) is 11.5 Å². The van der Waals surface area contributed by atoms with Crippen LogP contribution in [0, 0.1) is 11.3 Å². The summed E-state index contributed by atoms with van der Waals surface area (Å²) in [5.74, 6) is 1.75. The Bertz CT molecular complexity index is 536. The minimum absolute atomic E-state index is 0.0641. The first-order valence-electron chi connectivity index (χ1n) is 8.06. The van der Waals surface area contributed by atoms with Crippen LogP contribution >= 0.6 is 0 Å². The van der Waals surface area contributed by atoms with E-state index in [0.29, 0.717) is 24.0 Å². The zero-order valence-electron chi connectivity index (χ0n) is 14.5. The molecule has 0 saturated carbocycles. The molecule has 1 aromatic carbocycles. The predicted molar refractivity (Wildman–Crippen MR) is 88.7 cm³/mol. The Morgan fingerprint density at radius 3 is 2.57 bits per heavy atom. The van der Waals surface area contributed by atoms with Crippen molar-refractivity contribution >= 4 is 5.91 Å². The second-order valence-corrected chi connectivity index (χ2v) is 6.44. The van der Waals surface area contributed by atoms with Crippen LogP contribution in [-0.2, 0) is 16.1 Å². The molecular weight excluding hydrogens is 294 g/mol. The molecule has 1 heterocycles. The van der Waals surface area contributed by atoms with E-state index in [1.54, 1.807) is 14.2 Å². The molecule has 0 unspecified atom stereocenters. The van der Waals surface area contributed by atoms with Crippen molar-refractivity contribution in [3.05, 3.63) is 23.8 Å². The number of methoxy groups -OCH3 is 2. The van der Waals surface area contributed by atoms with Crippen LogP contribution in [0.25, 0.3) is 0 Å². The number of amides is 1. The molecule has 128 valence electrons. The topological polar surface area (TPSA) is 56.8 Å². The van der Waals surface area contributed by atoms with Crippen LogP contribution in [0.15, 0.2) is 18.2 Å². The van der Waals surface area contributed by atoms with E-state index in [1.165, 1.54) is 0 Å². The van der Waals surface area contributed by atoms with Crippen molar-refractivity contribution in [2.24, 2.45) is 11.3 Å². The minimum Gasteiger partial charge on any atom is -0.493 e. The van der Waals surface area contributed by atoms with E-state index < -0.39 is 5.41 Å². The lowest BCUT2D eigenvalue weighted by molar-refractivity contribution is -0.134. The maximum atomic E-state index is 12.7. The van der Waals surface area contributed by atoms with Crippen LogP contribution in [0.4, 0.5) is 0 Å². The van der Waals surface area contributed by atoms with E-state index in [0.717, 1.165) is 31.6 Å². The van der Waals surface area contributed by atoms with Crippen molar-refractivity contribution in [1.29, 1.82) is 0 Å². The molecule has 1 saturated heterocycles. The molecule has 0 aliphatic carbocycles. The highest BCUT2D eigenvalue weighted by Crippen LogP contribution is 2.35. The Hall–Kier alpha value is -1.75. The lowest BCUT2D eigenvalue weighted by Gasteiger charge is -2.35. The maximum Gasteiger partial charge on any atom is 0.226 e. The number of rotatable bonds is 6. The molecule has 1 amide bonds. The van der Waals surface area contributed by atoms with Gasteiger partial charge in [0, 0.05) is 30.7 Å². The normalized spacial score (nSPS) is 16.0. The summed E-state index contributed by atoms with van der Waals surface area (Å²) in [7, 11) is 3.21. The molecule has 1 aliphatic rings. The molecule has 2 rings (SSSR count). The van der Waals surface area contributed by atoms with Crippen molar-refractivity contribution in [3.63, 3.8) is 0 Å². The number of para-hydroxylation sites is 1. The second kappa shape index (κ2) is 7.68. The number of carbonyl (C=O) groups is 1. The van der Waals surface area contributed by atoms with Crippen LogP contribution < -0.4 is 14.8 Å². The number of hydrogen-bond acceptors (Lipinski definition) is 4. The molecule has 0 aromatic heterocycles. The fourth-order valence-corrected chi connectivity index (χ4v) is 3.10. The molecule has 1 N–H and O–H groups in total. The summed E-state index contributed by atoms with van der Waals surface area (Å²) >= 11 is 0. The quantitative estimate of drug-likeness (QED) is 0.875.